The minimum absolute atomic E-state index is 0.217. The molecule has 3 aromatic rings. The zero-order valence-corrected chi connectivity index (χ0v) is 13.7. The molecule has 114 valence electrons. The van der Waals surface area contributed by atoms with E-state index < -0.39 is 0 Å². The van der Waals surface area contributed by atoms with Crippen molar-refractivity contribution in [1.82, 2.24) is 14.5 Å². The molecule has 3 nitrogen and oxygen atoms in total. The van der Waals surface area contributed by atoms with E-state index in [9.17, 15) is 0 Å². The Morgan fingerprint density at radius 3 is 2.65 bits per heavy atom. The highest BCUT2D eigenvalue weighted by Gasteiger charge is 2.11. The van der Waals surface area contributed by atoms with Gasteiger partial charge in [-0.1, -0.05) is 47.9 Å². The van der Waals surface area contributed by atoms with Crippen LogP contribution in [0.4, 0.5) is 0 Å². The standard InChI is InChI=1S/C19H16ClN3/c1-14(17-6-4-3-5-7-17)23-13-18(22-15(23)2)9-8-16-10-11-21-19(20)12-16/h3-7,10-14H,1-2H3. The molecule has 4 heteroatoms. The van der Waals surface area contributed by atoms with E-state index in [1.54, 1.807) is 12.3 Å². The van der Waals surface area contributed by atoms with Crippen molar-refractivity contribution >= 4 is 11.6 Å². The average molecular weight is 322 g/mol. The van der Waals surface area contributed by atoms with Crippen LogP contribution in [0.1, 0.15) is 35.6 Å². The van der Waals surface area contributed by atoms with E-state index >= 15 is 0 Å². The third kappa shape index (κ3) is 3.61. The van der Waals surface area contributed by atoms with Gasteiger partial charge in [-0.2, -0.15) is 0 Å². The van der Waals surface area contributed by atoms with Gasteiger partial charge in [0.15, 0.2) is 0 Å². The molecule has 3 rings (SSSR count). The largest absolute Gasteiger partial charge is 0.327 e. The van der Waals surface area contributed by atoms with Crippen LogP contribution in [0, 0.1) is 18.8 Å². The van der Waals surface area contributed by atoms with Crippen LogP contribution in [0.2, 0.25) is 5.15 Å². The minimum atomic E-state index is 0.217. The van der Waals surface area contributed by atoms with Crippen molar-refractivity contribution in [2.75, 3.05) is 0 Å². The van der Waals surface area contributed by atoms with Gasteiger partial charge in [0.05, 0.1) is 6.04 Å². The van der Waals surface area contributed by atoms with Crippen molar-refractivity contribution in [2.45, 2.75) is 19.9 Å². The molecule has 0 saturated heterocycles. The first-order valence-corrected chi connectivity index (χ1v) is 7.75. The van der Waals surface area contributed by atoms with Gasteiger partial charge in [-0.15, -0.1) is 0 Å². The summed E-state index contributed by atoms with van der Waals surface area (Å²) >= 11 is 5.87. The van der Waals surface area contributed by atoms with E-state index in [1.807, 2.05) is 37.4 Å². The summed E-state index contributed by atoms with van der Waals surface area (Å²) < 4.78 is 2.14. The third-order valence-electron chi connectivity index (χ3n) is 3.68. The molecule has 0 aliphatic rings. The Bertz CT molecular complexity index is 872. The predicted molar refractivity (Wildman–Crippen MR) is 92.4 cm³/mol. The van der Waals surface area contributed by atoms with Gasteiger partial charge in [-0.3, -0.25) is 0 Å². The second-order valence-electron chi connectivity index (χ2n) is 5.28. The summed E-state index contributed by atoms with van der Waals surface area (Å²) in [5.74, 6) is 7.10. The molecule has 0 aliphatic carbocycles. The van der Waals surface area contributed by atoms with E-state index in [0.717, 1.165) is 17.1 Å². The van der Waals surface area contributed by atoms with E-state index in [0.29, 0.717) is 5.15 Å². The molecule has 0 amide bonds. The lowest BCUT2D eigenvalue weighted by Gasteiger charge is -2.15. The molecule has 1 aromatic carbocycles. The Balaban J connectivity index is 1.87. The molecule has 2 aromatic heterocycles. The summed E-state index contributed by atoms with van der Waals surface area (Å²) in [4.78, 5) is 8.48. The maximum Gasteiger partial charge on any atom is 0.131 e. The second-order valence-corrected chi connectivity index (χ2v) is 5.67. The molecule has 0 fully saturated rings. The van der Waals surface area contributed by atoms with E-state index in [2.05, 4.69) is 45.4 Å². The monoisotopic (exact) mass is 321 g/mol. The van der Waals surface area contributed by atoms with Crippen LogP contribution >= 0.6 is 11.6 Å². The smallest absolute Gasteiger partial charge is 0.131 e. The van der Waals surface area contributed by atoms with Crippen LogP contribution in [0.3, 0.4) is 0 Å². The summed E-state index contributed by atoms with van der Waals surface area (Å²) in [6.07, 6.45) is 3.64. The number of rotatable bonds is 2. The topological polar surface area (TPSA) is 30.7 Å². The Labute approximate surface area is 141 Å². The van der Waals surface area contributed by atoms with Gasteiger partial charge in [0.25, 0.3) is 0 Å². The Morgan fingerprint density at radius 1 is 1.13 bits per heavy atom. The molecule has 0 aliphatic heterocycles. The fraction of sp³-hybridized carbons (Fsp3) is 0.158. The van der Waals surface area contributed by atoms with Crippen molar-refractivity contribution in [1.29, 1.82) is 0 Å². The fourth-order valence-electron chi connectivity index (χ4n) is 2.45. The SMILES string of the molecule is Cc1nc(C#Cc2ccnc(Cl)c2)cn1C(C)c1ccccc1. The van der Waals surface area contributed by atoms with Crippen molar-refractivity contribution in [3.8, 4) is 11.8 Å². The van der Waals surface area contributed by atoms with E-state index in [1.165, 1.54) is 5.56 Å². The zero-order chi connectivity index (χ0) is 16.2. The van der Waals surface area contributed by atoms with Crippen molar-refractivity contribution < 1.29 is 0 Å². The summed E-state index contributed by atoms with van der Waals surface area (Å²) in [5, 5.41) is 0.441. The zero-order valence-electron chi connectivity index (χ0n) is 13.0. The van der Waals surface area contributed by atoms with E-state index in [-0.39, 0.29) is 6.04 Å². The molecule has 0 N–H and O–H groups in total. The molecule has 0 spiro atoms. The number of nitrogens with zero attached hydrogens (tertiary/aromatic N) is 3. The van der Waals surface area contributed by atoms with Gasteiger partial charge in [-0.25, -0.2) is 9.97 Å². The van der Waals surface area contributed by atoms with Crippen LogP contribution in [0.5, 0.6) is 0 Å². The number of halogens is 1. The molecule has 1 atom stereocenters. The van der Waals surface area contributed by atoms with Crippen LogP contribution < -0.4 is 0 Å². The minimum Gasteiger partial charge on any atom is -0.327 e. The van der Waals surface area contributed by atoms with Crippen molar-refractivity contribution in [3.63, 3.8) is 0 Å². The number of aromatic nitrogens is 3. The Morgan fingerprint density at radius 2 is 1.91 bits per heavy atom. The van der Waals surface area contributed by atoms with Crippen LogP contribution in [0.25, 0.3) is 0 Å². The Kier molecular flexibility index (Phi) is 4.45. The maximum atomic E-state index is 5.87. The maximum absolute atomic E-state index is 5.87. The van der Waals surface area contributed by atoms with Gasteiger partial charge < -0.3 is 4.57 Å². The first-order valence-electron chi connectivity index (χ1n) is 7.37. The molecular weight excluding hydrogens is 306 g/mol. The van der Waals surface area contributed by atoms with Gasteiger partial charge in [0.1, 0.15) is 16.7 Å². The summed E-state index contributed by atoms with van der Waals surface area (Å²) in [7, 11) is 0. The number of hydrogen-bond donors (Lipinski definition) is 0. The molecule has 23 heavy (non-hydrogen) atoms. The van der Waals surface area contributed by atoms with E-state index in [4.69, 9.17) is 11.6 Å². The van der Waals surface area contributed by atoms with Crippen molar-refractivity contribution in [3.05, 3.63) is 82.7 Å². The number of pyridine rings is 1. The molecular formula is C19H16ClN3. The number of benzene rings is 1. The van der Waals surface area contributed by atoms with Gasteiger partial charge in [0.2, 0.25) is 0 Å². The average Bonchev–Trinajstić information content (AvgIpc) is 2.94. The molecule has 1 unspecified atom stereocenters. The second kappa shape index (κ2) is 6.68. The Hall–Kier alpha value is -2.57. The van der Waals surface area contributed by atoms with Gasteiger partial charge >= 0.3 is 0 Å². The lowest BCUT2D eigenvalue weighted by atomic mass is 10.1. The molecule has 0 saturated carbocycles. The van der Waals surface area contributed by atoms with Crippen LogP contribution in [0.15, 0.2) is 54.9 Å². The lowest BCUT2D eigenvalue weighted by Crippen LogP contribution is -2.07. The number of imidazole rings is 1. The van der Waals surface area contributed by atoms with Crippen molar-refractivity contribution in [2.24, 2.45) is 0 Å². The lowest BCUT2D eigenvalue weighted by molar-refractivity contribution is 0.619. The van der Waals surface area contributed by atoms with Crippen LogP contribution in [-0.2, 0) is 0 Å². The highest BCUT2D eigenvalue weighted by atomic mass is 35.5. The van der Waals surface area contributed by atoms with Gasteiger partial charge in [0, 0.05) is 18.0 Å². The molecule has 0 bridgehead atoms. The molecule has 2 heterocycles. The summed E-state index contributed by atoms with van der Waals surface area (Å²) in [5.41, 5.74) is 2.82. The highest BCUT2D eigenvalue weighted by molar-refractivity contribution is 6.29. The normalized spacial score (nSPS) is 11.6. The third-order valence-corrected chi connectivity index (χ3v) is 3.88. The summed E-state index contributed by atoms with van der Waals surface area (Å²) in [6.45, 7) is 4.15. The quantitative estimate of drug-likeness (QED) is 0.522. The fourth-order valence-corrected chi connectivity index (χ4v) is 2.62. The highest BCUT2D eigenvalue weighted by Crippen LogP contribution is 2.19. The summed E-state index contributed by atoms with van der Waals surface area (Å²) in [6, 6.07) is 14.1. The predicted octanol–water partition coefficient (Wildman–Crippen LogP) is 4.25. The number of hydrogen-bond acceptors (Lipinski definition) is 2. The molecule has 0 radical (unpaired) electrons. The first kappa shape index (κ1) is 15.3. The van der Waals surface area contributed by atoms with Crippen LogP contribution in [-0.4, -0.2) is 14.5 Å². The first-order chi connectivity index (χ1) is 11.1. The van der Waals surface area contributed by atoms with Gasteiger partial charge in [-0.05, 0) is 37.5 Å². The number of aryl methyl sites for hydroxylation is 1.